The van der Waals surface area contributed by atoms with Crippen molar-refractivity contribution in [3.8, 4) is 0 Å². The molecular formula is C32H46N4O7. The van der Waals surface area contributed by atoms with Crippen molar-refractivity contribution in [1.82, 2.24) is 20.2 Å². The predicted molar refractivity (Wildman–Crippen MR) is 158 cm³/mol. The van der Waals surface area contributed by atoms with Crippen LogP contribution in [0, 0.1) is 17.3 Å². The Kier molecular flexibility index (Phi) is 10.5. The Morgan fingerprint density at radius 1 is 1.16 bits per heavy atom. The zero-order valence-corrected chi connectivity index (χ0v) is 26.1. The van der Waals surface area contributed by atoms with Gasteiger partial charge in [-0.25, -0.2) is 0 Å². The van der Waals surface area contributed by atoms with Gasteiger partial charge < -0.3 is 24.4 Å². The molecule has 0 bridgehead atoms. The first-order chi connectivity index (χ1) is 20.3. The van der Waals surface area contributed by atoms with Crippen LogP contribution in [-0.2, 0) is 37.1 Å². The zero-order chi connectivity index (χ0) is 31.4. The Hall–Kier alpha value is -2.99. The number of aromatic nitrogens is 4. The van der Waals surface area contributed by atoms with Gasteiger partial charge in [-0.1, -0.05) is 64.4 Å². The summed E-state index contributed by atoms with van der Waals surface area (Å²) in [5.41, 5.74) is 0.119. The highest BCUT2D eigenvalue weighted by Crippen LogP contribution is 2.45. The van der Waals surface area contributed by atoms with Crippen molar-refractivity contribution in [1.29, 1.82) is 0 Å². The van der Waals surface area contributed by atoms with Crippen molar-refractivity contribution in [3.63, 3.8) is 0 Å². The van der Waals surface area contributed by atoms with Gasteiger partial charge in [0.15, 0.2) is 12.6 Å². The van der Waals surface area contributed by atoms with Crippen LogP contribution in [0.25, 0.3) is 6.08 Å². The second-order valence-corrected chi connectivity index (χ2v) is 13.0. The van der Waals surface area contributed by atoms with Gasteiger partial charge in [0.2, 0.25) is 0 Å². The molecule has 2 aromatic rings. The Morgan fingerprint density at radius 3 is 2.60 bits per heavy atom. The lowest BCUT2D eigenvalue weighted by atomic mass is 9.73. The Balaban J connectivity index is 1.48. The van der Waals surface area contributed by atoms with E-state index in [1.807, 2.05) is 51.1 Å². The summed E-state index contributed by atoms with van der Waals surface area (Å²) in [6.07, 6.45) is 1.20. The maximum absolute atomic E-state index is 13.3. The molecule has 1 aromatic heterocycles. The number of esters is 1. The molecule has 2 aliphatic heterocycles. The number of ether oxygens (including phenoxy) is 3. The third kappa shape index (κ3) is 8.35. The summed E-state index contributed by atoms with van der Waals surface area (Å²) in [5.74, 6) is -1.36. The average Bonchev–Trinajstić information content (AvgIpc) is 3.38. The number of nitrogens with zero attached hydrogens (tertiary/aromatic N) is 4. The SMILES string of the molecule is C/C(=C\c1nnn(COCc2ccccc2)n1)[C@@H]1C[C@@H]2O[C@]2(C)CCC[C@H](C)[C@H](O)[C@@H](C)C(=O)C(C)(C)[C@@H](O)CC(=O)O1. The Labute approximate surface area is 253 Å². The first-order valence-electron chi connectivity index (χ1n) is 15.2. The fourth-order valence-corrected chi connectivity index (χ4v) is 5.78. The van der Waals surface area contributed by atoms with Crippen molar-refractivity contribution >= 4 is 17.8 Å². The van der Waals surface area contributed by atoms with Gasteiger partial charge in [-0.3, -0.25) is 9.59 Å². The molecule has 2 fully saturated rings. The highest BCUT2D eigenvalue weighted by atomic mass is 16.6. The predicted octanol–water partition coefficient (Wildman–Crippen LogP) is 3.87. The molecule has 0 unspecified atom stereocenters. The zero-order valence-electron chi connectivity index (χ0n) is 26.1. The van der Waals surface area contributed by atoms with E-state index < -0.39 is 35.6 Å². The Bertz CT molecular complexity index is 1280. The monoisotopic (exact) mass is 598 g/mol. The fraction of sp³-hybridized carbons (Fsp3) is 0.656. The number of ketones is 1. The van der Waals surface area contributed by atoms with Gasteiger partial charge in [0.05, 0.1) is 42.4 Å². The molecule has 11 heteroatoms. The van der Waals surface area contributed by atoms with E-state index in [9.17, 15) is 19.8 Å². The van der Waals surface area contributed by atoms with Crippen LogP contribution in [0.15, 0.2) is 35.9 Å². The van der Waals surface area contributed by atoms with Gasteiger partial charge in [-0.2, -0.15) is 0 Å². The number of rotatable bonds is 6. The van der Waals surface area contributed by atoms with Gasteiger partial charge in [-0.15, -0.1) is 15.0 Å². The van der Waals surface area contributed by atoms with Crippen molar-refractivity contribution in [2.75, 3.05) is 0 Å². The summed E-state index contributed by atoms with van der Waals surface area (Å²) in [4.78, 5) is 27.8. The highest BCUT2D eigenvalue weighted by Gasteiger charge is 2.53. The van der Waals surface area contributed by atoms with E-state index in [1.54, 1.807) is 26.8 Å². The normalized spacial score (nSPS) is 32.6. The van der Waals surface area contributed by atoms with Gasteiger partial charge in [0, 0.05) is 12.3 Å². The standard InChI is InChI=1S/C32H46N4O7/c1-20-11-10-14-32(6)26(43-32)16-24(42-28(38)17-25(37)31(4,5)30(40)22(3)29(20)39)21(2)15-27-33-35-36(34-27)19-41-18-23-12-8-7-9-13-23/h7-9,12-13,15,20,22,24-26,29,37,39H,10-11,14,16-19H2,1-6H3/b21-15+/t20-,22+,24-,25-,26-,29-,32+/m0/s1. The number of benzene rings is 1. The van der Waals surface area contributed by atoms with E-state index >= 15 is 0 Å². The molecule has 43 heavy (non-hydrogen) atoms. The van der Waals surface area contributed by atoms with Gasteiger partial charge in [-0.05, 0) is 55.0 Å². The number of aliphatic hydroxyl groups is 2. The number of Topliss-reactive ketones (excluding diaryl/α,β-unsaturated/α-hetero) is 1. The van der Waals surface area contributed by atoms with Crippen LogP contribution in [0.3, 0.4) is 0 Å². The molecule has 0 radical (unpaired) electrons. The molecule has 11 nitrogen and oxygen atoms in total. The minimum Gasteiger partial charge on any atom is -0.458 e. The number of cyclic esters (lactones) is 1. The largest absolute Gasteiger partial charge is 0.458 e. The summed E-state index contributed by atoms with van der Waals surface area (Å²) < 4.78 is 17.7. The van der Waals surface area contributed by atoms with E-state index in [-0.39, 0.29) is 36.6 Å². The number of aliphatic hydroxyl groups excluding tert-OH is 2. The fourth-order valence-electron chi connectivity index (χ4n) is 5.78. The molecule has 7 atom stereocenters. The summed E-state index contributed by atoms with van der Waals surface area (Å²) in [5, 5.41) is 34.4. The van der Waals surface area contributed by atoms with E-state index in [1.165, 1.54) is 4.80 Å². The second-order valence-electron chi connectivity index (χ2n) is 13.0. The molecule has 1 aromatic carbocycles. The maximum Gasteiger partial charge on any atom is 0.309 e. The quantitative estimate of drug-likeness (QED) is 0.371. The molecule has 0 saturated carbocycles. The third-order valence-corrected chi connectivity index (χ3v) is 9.06. The molecule has 0 amide bonds. The smallest absolute Gasteiger partial charge is 0.309 e. The van der Waals surface area contributed by atoms with Crippen LogP contribution in [0.5, 0.6) is 0 Å². The van der Waals surface area contributed by atoms with Crippen molar-refractivity contribution < 1.29 is 34.0 Å². The molecular weight excluding hydrogens is 552 g/mol. The maximum atomic E-state index is 13.3. The van der Waals surface area contributed by atoms with Crippen molar-refractivity contribution in [2.24, 2.45) is 17.3 Å². The van der Waals surface area contributed by atoms with Crippen LogP contribution in [0.1, 0.15) is 85.0 Å². The number of hydrogen-bond acceptors (Lipinski definition) is 10. The lowest BCUT2D eigenvalue weighted by Crippen LogP contribution is -2.45. The van der Waals surface area contributed by atoms with Crippen LogP contribution in [0.2, 0.25) is 0 Å². The molecule has 0 spiro atoms. The summed E-state index contributed by atoms with van der Waals surface area (Å²) in [7, 11) is 0. The van der Waals surface area contributed by atoms with Crippen molar-refractivity contribution in [3.05, 3.63) is 47.3 Å². The molecule has 2 N–H and O–H groups in total. The summed E-state index contributed by atoms with van der Waals surface area (Å²) >= 11 is 0. The van der Waals surface area contributed by atoms with E-state index in [0.717, 1.165) is 24.8 Å². The van der Waals surface area contributed by atoms with Gasteiger partial charge in [0.25, 0.3) is 0 Å². The van der Waals surface area contributed by atoms with Crippen LogP contribution < -0.4 is 0 Å². The van der Waals surface area contributed by atoms with Crippen molar-refractivity contribution in [2.45, 2.75) is 117 Å². The first kappa shape index (κ1) is 32.9. The Morgan fingerprint density at radius 2 is 1.88 bits per heavy atom. The van der Waals surface area contributed by atoms with Crippen LogP contribution >= 0.6 is 0 Å². The number of carbonyl (C=O) groups excluding carboxylic acids is 2. The van der Waals surface area contributed by atoms with E-state index in [2.05, 4.69) is 15.4 Å². The highest BCUT2D eigenvalue weighted by molar-refractivity contribution is 5.88. The van der Waals surface area contributed by atoms with Crippen LogP contribution in [0.4, 0.5) is 0 Å². The number of carbonyl (C=O) groups is 2. The van der Waals surface area contributed by atoms with E-state index in [4.69, 9.17) is 14.2 Å². The lowest BCUT2D eigenvalue weighted by molar-refractivity contribution is -0.154. The van der Waals surface area contributed by atoms with Gasteiger partial charge >= 0.3 is 5.97 Å². The third-order valence-electron chi connectivity index (χ3n) is 9.06. The molecule has 236 valence electrons. The summed E-state index contributed by atoms with van der Waals surface area (Å²) in [6.45, 7) is 11.3. The topological polar surface area (TPSA) is 149 Å². The molecule has 0 aliphatic carbocycles. The first-order valence-corrected chi connectivity index (χ1v) is 15.2. The minimum absolute atomic E-state index is 0.104. The average molecular weight is 599 g/mol. The lowest BCUT2D eigenvalue weighted by Gasteiger charge is -2.34. The minimum atomic E-state index is -1.28. The molecule has 3 heterocycles. The van der Waals surface area contributed by atoms with Crippen LogP contribution in [-0.4, -0.2) is 72.2 Å². The number of tetrazole rings is 1. The number of epoxide rings is 1. The second kappa shape index (κ2) is 13.8. The number of hydrogen-bond donors (Lipinski definition) is 2. The number of fused-ring (bicyclic) bond motifs is 1. The van der Waals surface area contributed by atoms with E-state index in [0.29, 0.717) is 24.4 Å². The molecule has 2 saturated heterocycles. The summed E-state index contributed by atoms with van der Waals surface area (Å²) in [6, 6.07) is 9.78. The molecule has 4 rings (SSSR count). The molecule has 2 aliphatic rings. The van der Waals surface area contributed by atoms with Gasteiger partial charge in [0.1, 0.15) is 11.9 Å².